The molecule has 0 bridgehead atoms. The molecule has 24 heavy (non-hydrogen) atoms. The van der Waals surface area contributed by atoms with Crippen molar-refractivity contribution in [3.05, 3.63) is 56.0 Å². The quantitative estimate of drug-likeness (QED) is 0.764. The smallest absolute Gasteiger partial charge is 0.341 e. The van der Waals surface area contributed by atoms with E-state index in [4.69, 9.17) is 4.74 Å². The van der Waals surface area contributed by atoms with Crippen molar-refractivity contribution in [1.82, 2.24) is 13.8 Å². The predicted octanol–water partition coefficient (Wildman–Crippen LogP) is 0.415. The van der Waals surface area contributed by atoms with E-state index >= 15 is 0 Å². The molecule has 0 amide bonds. The minimum atomic E-state index is -0.371. The first kappa shape index (κ1) is 16.7. The van der Waals surface area contributed by atoms with Crippen LogP contribution in [0.4, 0.5) is 0 Å². The predicted molar refractivity (Wildman–Crippen MR) is 90.4 cm³/mol. The summed E-state index contributed by atoms with van der Waals surface area (Å²) in [5.41, 5.74) is 0.518. The molecule has 1 aromatic heterocycles. The summed E-state index contributed by atoms with van der Waals surface area (Å²) in [4.78, 5) is 35.8. The van der Waals surface area contributed by atoms with Crippen molar-refractivity contribution in [2.24, 2.45) is 0 Å². The molecule has 0 unspecified atom stereocenters. The number of ether oxygens (including phenoxy) is 1. The minimum absolute atomic E-state index is 0.0855. The number of carbonyl (C=O) groups excluding carboxylic acids is 1. The van der Waals surface area contributed by atoms with E-state index in [0.717, 1.165) is 36.5 Å². The largest absolute Gasteiger partial charge is 0.463 e. The lowest BCUT2D eigenvalue weighted by Gasteiger charge is -2.09. The average molecular weight is 349 g/mol. The fourth-order valence-electron chi connectivity index (χ4n) is 2.65. The van der Waals surface area contributed by atoms with Crippen LogP contribution in [-0.2, 0) is 22.6 Å². The molecule has 0 radical (unpaired) electrons. The summed E-state index contributed by atoms with van der Waals surface area (Å²) in [6.45, 7) is 1.35. The van der Waals surface area contributed by atoms with Crippen LogP contribution in [0.3, 0.4) is 0 Å². The second-order valence-electron chi connectivity index (χ2n) is 5.63. The van der Waals surface area contributed by atoms with Gasteiger partial charge in [0.05, 0.1) is 13.1 Å². The fraction of sp³-hybridized carbons (Fsp3) is 0.438. The molecular formula is C16H19N3O4S. The molecule has 3 rings (SSSR count). The lowest BCUT2D eigenvalue weighted by atomic mass is 10.2. The van der Waals surface area contributed by atoms with Gasteiger partial charge in [-0.05, 0) is 24.9 Å². The van der Waals surface area contributed by atoms with Gasteiger partial charge in [-0.3, -0.25) is 9.59 Å². The minimum Gasteiger partial charge on any atom is -0.463 e. The van der Waals surface area contributed by atoms with E-state index in [2.05, 4.69) is 5.32 Å². The Bertz CT molecular complexity index is 803. The number of aromatic nitrogens is 2. The summed E-state index contributed by atoms with van der Waals surface area (Å²) >= 11 is 0.849. The molecule has 8 heteroatoms. The fourth-order valence-corrected chi connectivity index (χ4v) is 3.42. The van der Waals surface area contributed by atoms with Crippen LogP contribution in [0, 0.1) is 0 Å². The summed E-state index contributed by atoms with van der Waals surface area (Å²) in [6, 6.07) is 9.09. The number of hydrogen-bond acceptors (Lipinski definition) is 6. The van der Waals surface area contributed by atoms with E-state index in [0.29, 0.717) is 0 Å². The van der Waals surface area contributed by atoms with Crippen LogP contribution in [0.15, 0.2) is 39.9 Å². The maximum absolute atomic E-state index is 12.3. The molecule has 1 aromatic carbocycles. The molecule has 0 spiro atoms. The molecule has 2 aromatic rings. The summed E-state index contributed by atoms with van der Waals surface area (Å²) in [7, 11) is 0. The van der Waals surface area contributed by atoms with E-state index < -0.39 is 0 Å². The Morgan fingerprint density at radius 2 is 2.08 bits per heavy atom. The van der Waals surface area contributed by atoms with Crippen molar-refractivity contribution < 1.29 is 9.53 Å². The third-order valence-corrected chi connectivity index (χ3v) is 4.86. The molecule has 1 aliphatic rings. The molecular weight excluding hydrogens is 330 g/mol. The maximum atomic E-state index is 12.3. The lowest BCUT2D eigenvalue weighted by molar-refractivity contribution is -0.146. The molecule has 1 N–H and O–H groups in total. The molecule has 1 atom stereocenters. The number of esters is 1. The molecule has 1 fully saturated rings. The zero-order valence-corrected chi connectivity index (χ0v) is 14.0. The summed E-state index contributed by atoms with van der Waals surface area (Å²) in [5.74, 6) is -0.295. The average Bonchev–Trinajstić information content (AvgIpc) is 3.21. The standard InChI is InChI=1S/C16H19N3O4S/c20-14(13-7-4-8-17-13)23-10-9-19-15(21)18(16(22)24-19)11-12-5-2-1-3-6-12/h1-3,5-6,13,17H,4,7-11H2/t13-/m0/s1. The summed E-state index contributed by atoms with van der Waals surface area (Å²) < 4.78 is 7.72. The number of benzene rings is 1. The Balaban J connectivity index is 1.60. The molecule has 0 saturated carbocycles. The van der Waals surface area contributed by atoms with Gasteiger partial charge in [-0.15, -0.1) is 0 Å². The van der Waals surface area contributed by atoms with Crippen LogP contribution in [0.5, 0.6) is 0 Å². The Morgan fingerprint density at radius 3 is 2.79 bits per heavy atom. The van der Waals surface area contributed by atoms with Crippen molar-refractivity contribution in [3.63, 3.8) is 0 Å². The molecule has 128 valence electrons. The molecule has 1 aliphatic heterocycles. The zero-order valence-electron chi connectivity index (χ0n) is 13.1. The Kier molecular flexibility index (Phi) is 5.27. The van der Waals surface area contributed by atoms with Crippen LogP contribution >= 0.6 is 11.5 Å². The van der Waals surface area contributed by atoms with Crippen molar-refractivity contribution in [2.45, 2.75) is 32.0 Å². The van der Waals surface area contributed by atoms with E-state index in [1.165, 1.54) is 8.52 Å². The first-order valence-corrected chi connectivity index (χ1v) is 8.67. The van der Waals surface area contributed by atoms with Gasteiger partial charge in [0, 0.05) is 11.5 Å². The highest BCUT2D eigenvalue weighted by atomic mass is 32.1. The van der Waals surface area contributed by atoms with Crippen LogP contribution in [0.1, 0.15) is 18.4 Å². The molecule has 0 aliphatic carbocycles. The third-order valence-electron chi connectivity index (χ3n) is 3.92. The topological polar surface area (TPSA) is 82.3 Å². The number of rotatable bonds is 6. The van der Waals surface area contributed by atoms with Gasteiger partial charge < -0.3 is 10.1 Å². The number of carbonyl (C=O) groups is 1. The highest BCUT2D eigenvalue weighted by Gasteiger charge is 2.23. The maximum Gasteiger partial charge on any atom is 0.341 e. The Morgan fingerprint density at radius 1 is 1.29 bits per heavy atom. The molecule has 1 saturated heterocycles. The highest BCUT2D eigenvalue weighted by Crippen LogP contribution is 2.06. The normalized spacial score (nSPS) is 17.1. The van der Waals surface area contributed by atoms with E-state index in [1.807, 2.05) is 30.3 Å². The second kappa shape index (κ2) is 7.59. The van der Waals surface area contributed by atoms with Crippen molar-refractivity contribution in [3.8, 4) is 0 Å². The van der Waals surface area contributed by atoms with Crippen LogP contribution < -0.4 is 15.9 Å². The van der Waals surface area contributed by atoms with Gasteiger partial charge in [-0.1, -0.05) is 30.3 Å². The van der Waals surface area contributed by atoms with Crippen LogP contribution in [0.2, 0.25) is 0 Å². The van der Waals surface area contributed by atoms with Crippen molar-refractivity contribution in [1.29, 1.82) is 0 Å². The first-order chi connectivity index (χ1) is 11.6. The van der Waals surface area contributed by atoms with Gasteiger partial charge in [0.25, 0.3) is 0 Å². The van der Waals surface area contributed by atoms with Gasteiger partial charge in [0.15, 0.2) is 0 Å². The van der Waals surface area contributed by atoms with E-state index in [1.54, 1.807) is 0 Å². The second-order valence-corrected chi connectivity index (χ2v) is 6.60. The summed E-state index contributed by atoms with van der Waals surface area (Å²) in [5, 5.41) is 3.06. The van der Waals surface area contributed by atoms with E-state index in [9.17, 15) is 14.4 Å². The van der Waals surface area contributed by atoms with Crippen molar-refractivity contribution in [2.75, 3.05) is 13.2 Å². The third kappa shape index (κ3) is 3.82. The SMILES string of the molecule is O=C(OCCn1sc(=O)n(Cc2ccccc2)c1=O)[C@@H]1CCCN1. The first-order valence-electron chi connectivity index (χ1n) is 7.90. The van der Waals surface area contributed by atoms with Gasteiger partial charge in [0.1, 0.15) is 12.6 Å². The monoisotopic (exact) mass is 349 g/mol. The lowest BCUT2D eigenvalue weighted by Crippen LogP contribution is -2.34. The van der Waals surface area contributed by atoms with Crippen LogP contribution in [-0.4, -0.2) is 33.7 Å². The Labute approximate surface area is 142 Å². The Hall–Kier alpha value is -2.19. The zero-order chi connectivity index (χ0) is 16.9. The molecule has 2 heterocycles. The number of hydrogen-bond donors (Lipinski definition) is 1. The van der Waals surface area contributed by atoms with Gasteiger partial charge in [0.2, 0.25) is 0 Å². The van der Waals surface area contributed by atoms with Gasteiger partial charge in [-0.25, -0.2) is 13.3 Å². The highest BCUT2D eigenvalue weighted by molar-refractivity contribution is 7.03. The van der Waals surface area contributed by atoms with Gasteiger partial charge in [-0.2, -0.15) is 0 Å². The number of nitrogens with zero attached hydrogens (tertiary/aromatic N) is 2. The van der Waals surface area contributed by atoms with E-state index in [-0.39, 0.29) is 42.3 Å². The van der Waals surface area contributed by atoms with Crippen LogP contribution in [0.25, 0.3) is 0 Å². The summed E-state index contributed by atoms with van der Waals surface area (Å²) in [6.07, 6.45) is 1.74. The molecule has 7 nitrogen and oxygen atoms in total. The number of nitrogens with one attached hydrogen (secondary N) is 1. The van der Waals surface area contributed by atoms with Gasteiger partial charge >= 0.3 is 16.5 Å². The van der Waals surface area contributed by atoms with Crippen molar-refractivity contribution >= 4 is 17.5 Å².